The number of nitrogens with one attached hydrogen (secondary N) is 1. The summed E-state index contributed by atoms with van der Waals surface area (Å²) in [6.07, 6.45) is 1.40. The van der Waals surface area contributed by atoms with E-state index in [9.17, 15) is 17.6 Å². The molecule has 0 aliphatic carbocycles. The molecule has 0 amide bonds. The first-order chi connectivity index (χ1) is 10.6. The Hall–Kier alpha value is -1.44. The van der Waals surface area contributed by atoms with Crippen LogP contribution in [0, 0.1) is 5.82 Å². The summed E-state index contributed by atoms with van der Waals surface area (Å²) in [6.45, 7) is 0. The number of pyridine rings is 1. The number of alkyl halides is 5. The van der Waals surface area contributed by atoms with Crippen LogP contribution in [0.15, 0.2) is 36.5 Å². The van der Waals surface area contributed by atoms with E-state index in [1.807, 2.05) is 0 Å². The fourth-order valence-corrected chi connectivity index (χ4v) is 2.01. The van der Waals surface area contributed by atoms with Crippen molar-refractivity contribution >= 4 is 40.5 Å². The maximum absolute atomic E-state index is 13.9. The lowest BCUT2D eigenvalue weighted by atomic mass is 10.1. The van der Waals surface area contributed by atoms with Crippen molar-refractivity contribution < 1.29 is 22.4 Å². The molecule has 3 nitrogen and oxygen atoms in total. The van der Waals surface area contributed by atoms with E-state index in [0.717, 1.165) is 0 Å². The number of nitrogens with zero attached hydrogens (tertiary/aromatic N) is 1. The quantitative estimate of drug-likeness (QED) is 0.418. The maximum Gasteiger partial charge on any atom is 0.336 e. The van der Waals surface area contributed by atoms with Crippen molar-refractivity contribution in [3.63, 3.8) is 0 Å². The minimum Gasteiger partial charge on any atom is -0.362 e. The van der Waals surface area contributed by atoms with Crippen LogP contribution in [0.4, 0.5) is 23.2 Å². The molecule has 0 aliphatic heterocycles. The number of halogens is 7. The van der Waals surface area contributed by atoms with Crippen molar-refractivity contribution in [2.75, 3.05) is 5.48 Å². The highest BCUT2D eigenvalue weighted by Gasteiger charge is 2.55. The predicted octanol–water partition coefficient (Wildman–Crippen LogP) is 5.47. The van der Waals surface area contributed by atoms with Gasteiger partial charge in [0.05, 0.1) is 5.02 Å². The molecule has 0 spiro atoms. The van der Waals surface area contributed by atoms with Gasteiger partial charge < -0.3 is 4.84 Å². The van der Waals surface area contributed by atoms with Crippen LogP contribution in [0.5, 0.6) is 5.88 Å². The summed E-state index contributed by atoms with van der Waals surface area (Å²) < 4.78 is 50.9. The lowest BCUT2D eigenvalue weighted by molar-refractivity contribution is -0.0649. The van der Waals surface area contributed by atoms with Crippen LogP contribution in [-0.2, 0) is 5.92 Å². The van der Waals surface area contributed by atoms with Gasteiger partial charge >= 0.3 is 10.5 Å². The number of rotatable bonds is 5. The van der Waals surface area contributed by atoms with Crippen molar-refractivity contribution in [2.45, 2.75) is 10.5 Å². The average Bonchev–Trinajstić information content (AvgIpc) is 2.46. The molecule has 0 saturated carbocycles. The van der Waals surface area contributed by atoms with Gasteiger partial charge in [0.1, 0.15) is 5.69 Å². The third-order valence-electron chi connectivity index (χ3n) is 2.65. The molecule has 2 rings (SSSR count). The fourth-order valence-electron chi connectivity index (χ4n) is 1.54. The topological polar surface area (TPSA) is 34.1 Å². The van der Waals surface area contributed by atoms with Gasteiger partial charge in [-0.15, -0.1) is 0 Å². The van der Waals surface area contributed by atoms with E-state index in [4.69, 9.17) is 39.6 Å². The number of aromatic nitrogens is 1. The van der Waals surface area contributed by atoms with E-state index in [-0.39, 0.29) is 5.88 Å². The summed E-state index contributed by atoms with van der Waals surface area (Å²) in [7, 11) is 0. The zero-order valence-corrected chi connectivity index (χ0v) is 13.2. The van der Waals surface area contributed by atoms with Gasteiger partial charge in [0, 0.05) is 17.8 Å². The summed E-state index contributed by atoms with van der Waals surface area (Å²) in [5.74, 6) is -5.36. The SMILES string of the molecule is Fc1cc(Cl)c(C(F)(F)C(F)(Cl)Cl)cc1NOc1ccccn1. The summed E-state index contributed by atoms with van der Waals surface area (Å²) in [5.41, 5.74) is 0.436. The van der Waals surface area contributed by atoms with E-state index in [0.29, 0.717) is 12.1 Å². The molecule has 0 unspecified atom stereocenters. The van der Waals surface area contributed by atoms with Gasteiger partial charge in [0.15, 0.2) is 5.82 Å². The molecular formula is C13H7Cl3F4N2O. The number of hydrogen-bond acceptors (Lipinski definition) is 3. The second-order valence-corrected chi connectivity index (χ2v) is 5.90. The highest BCUT2D eigenvalue weighted by molar-refractivity contribution is 6.48. The third-order valence-corrected chi connectivity index (χ3v) is 3.44. The number of anilines is 1. The molecule has 2 aromatic rings. The molecule has 1 heterocycles. The Bertz CT molecular complexity index is 696. The molecule has 0 atom stereocenters. The van der Waals surface area contributed by atoms with Gasteiger partial charge in [-0.25, -0.2) is 19.2 Å². The van der Waals surface area contributed by atoms with Crippen molar-refractivity contribution in [1.29, 1.82) is 0 Å². The maximum atomic E-state index is 13.9. The standard InChI is InChI=1S/C13H7Cl3F4N2O/c14-8-6-9(17)10(22-23-11-3-1-2-4-21-11)5-7(8)12(18,19)13(15,16)20/h1-6,22H. The van der Waals surface area contributed by atoms with E-state index >= 15 is 0 Å². The Kier molecular flexibility index (Phi) is 5.13. The normalized spacial score (nSPS) is 12.1. The van der Waals surface area contributed by atoms with Crippen molar-refractivity contribution in [3.05, 3.63) is 52.9 Å². The van der Waals surface area contributed by atoms with Crippen molar-refractivity contribution in [1.82, 2.24) is 4.98 Å². The lowest BCUT2D eigenvalue weighted by Gasteiger charge is -2.24. The van der Waals surface area contributed by atoms with Crippen LogP contribution in [0.2, 0.25) is 5.02 Å². The molecule has 0 fully saturated rings. The molecule has 23 heavy (non-hydrogen) atoms. The Labute approximate surface area is 143 Å². The van der Waals surface area contributed by atoms with Crippen LogP contribution < -0.4 is 10.3 Å². The monoisotopic (exact) mass is 388 g/mol. The van der Waals surface area contributed by atoms with Crippen molar-refractivity contribution in [3.8, 4) is 5.88 Å². The second kappa shape index (κ2) is 6.59. The van der Waals surface area contributed by atoms with Crippen LogP contribution in [0.3, 0.4) is 0 Å². The van der Waals surface area contributed by atoms with E-state index in [2.05, 4.69) is 10.5 Å². The van der Waals surface area contributed by atoms with Gasteiger partial charge in [-0.1, -0.05) is 40.9 Å². The lowest BCUT2D eigenvalue weighted by Crippen LogP contribution is -2.32. The zero-order valence-electron chi connectivity index (χ0n) is 11.0. The molecule has 1 N–H and O–H groups in total. The first-order valence-corrected chi connectivity index (χ1v) is 7.04. The number of hydrogen-bond donors (Lipinski definition) is 1. The van der Waals surface area contributed by atoms with Gasteiger partial charge in [-0.05, 0) is 18.2 Å². The van der Waals surface area contributed by atoms with Gasteiger partial charge in [-0.3, -0.25) is 0 Å². The summed E-state index contributed by atoms with van der Waals surface area (Å²) in [6, 6.07) is 5.71. The van der Waals surface area contributed by atoms with Crippen LogP contribution in [0.25, 0.3) is 0 Å². The fraction of sp³-hybridized carbons (Fsp3) is 0.154. The molecule has 10 heteroatoms. The molecule has 1 aromatic carbocycles. The Balaban J connectivity index is 2.33. The van der Waals surface area contributed by atoms with Crippen LogP contribution in [0.1, 0.15) is 5.56 Å². The van der Waals surface area contributed by atoms with E-state index in [1.165, 1.54) is 12.3 Å². The first-order valence-electron chi connectivity index (χ1n) is 5.91. The number of benzene rings is 1. The van der Waals surface area contributed by atoms with E-state index in [1.54, 1.807) is 12.1 Å². The Morgan fingerprint density at radius 3 is 2.39 bits per heavy atom. The summed E-state index contributed by atoms with van der Waals surface area (Å²) in [5, 5.41) is -0.751. The average molecular weight is 390 g/mol. The van der Waals surface area contributed by atoms with Gasteiger partial charge in [0.25, 0.3) is 0 Å². The molecule has 124 valence electrons. The molecule has 0 bridgehead atoms. The molecule has 0 radical (unpaired) electrons. The molecular weight excluding hydrogens is 383 g/mol. The second-order valence-electron chi connectivity index (χ2n) is 4.26. The molecule has 0 saturated heterocycles. The smallest absolute Gasteiger partial charge is 0.336 e. The van der Waals surface area contributed by atoms with Gasteiger partial charge in [-0.2, -0.15) is 8.78 Å². The van der Waals surface area contributed by atoms with Crippen LogP contribution >= 0.6 is 34.8 Å². The van der Waals surface area contributed by atoms with E-state index < -0.39 is 32.6 Å². The molecule has 1 aromatic heterocycles. The minimum atomic E-state index is -4.39. The summed E-state index contributed by atoms with van der Waals surface area (Å²) >= 11 is 15.2. The van der Waals surface area contributed by atoms with Gasteiger partial charge in [0.2, 0.25) is 5.88 Å². The highest BCUT2D eigenvalue weighted by Crippen LogP contribution is 2.50. The van der Waals surface area contributed by atoms with Crippen LogP contribution in [-0.4, -0.2) is 9.57 Å². The predicted molar refractivity (Wildman–Crippen MR) is 79.3 cm³/mol. The Morgan fingerprint density at radius 1 is 1.13 bits per heavy atom. The largest absolute Gasteiger partial charge is 0.362 e. The first kappa shape index (κ1) is 17.9. The minimum absolute atomic E-state index is 0.0460. The zero-order chi connectivity index (χ0) is 17.3. The third kappa shape index (κ3) is 3.91. The Morgan fingerprint density at radius 2 is 1.83 bits per heavy atom. The molecule has 0 aliphatic rings. The van der Waals surface area contributed by atoms with Crippen molar-refractivity contribution in [2.24, 2.45) is 0 Å². The summed E-state index contributed by atoms with van der Waals surface area (Å²) in [4.78, 5) is 8.69. The highest BCUT2D eigenvalue weighted by atomic mass is 35.5.